The predicted octanol–water partition coefficient (Wildman–Crippen LogP) is 6.40. The van der Waals surface area contributed by atoms with Crippen molar-refractivity contribution < 1.29 is 9.47 Å². The van der Waals surface area contributed by atoms with Gasteiger partial charge in [0.2, 0.25) is 0 Å². The lowest BCUT2D eigenvalue weighted by Gasteiger charge is -2.33. The van der Waals surface area contributed by atoms with Crippen LogP contribution in [0.1, 0.15) is 56.6 Å². The van der Waals surface area contributed by atoms with Crippen LogP contribution in [0.2, 0.25) is 0 Å². The SMILES string of the molecule is COc1ccc(-c2ccccc2C(C#CC2=CCCCC2)N2CCCCC2)cc1OC. The van der Waals surface area contributed by atoms with Gasteiger partial charge in [0.25, 0.3) is 0 Å². The van der Waals surface area contributed by atoms with E-state index < -0.39 is 0 Å². The number of hydrogen-bond acceptors (Lipinski definition) is 3. The number of ether oxygens (including phenoxy) is 2. The normalized spacial score (nSPS) is 17.8. The zero-order chi connectivity index (χ0) is 21.5. The first-order valence-corrected chi connectivity index (χ1v) is 11.6. The summed E-state index contributed by atoms with van der Waals surface area (Å²) in [5, 5.41) is 0. The van der Waals surface area contributed by atoms with Crippen molar-refractivity contribution in [3.05, 3.63) is 59.7 Å². The van der Waals surface area contributed by atoms with Crippen molar-refractivity contribution >= 4 is 0 Å². The minimum atomic E-state index is 0.104. The summed E-state index contributed by atoms with van der Waals surface area (Å²) in [6.07, 6.45) is 11.0. The maximum absolute atomic E-state index is 5.57. The smallest absolute Gasteiger partial charge is 0.161 e. The Morgan fingerprint density at radius 1 is 0.871 bits per heavy atom. The van der Waals surface area contributed by atoms with Gasteiger partial charge in [-0.2, -0.15) is 0 Å². The fourth-order valence-corrected chi connectivity index (χ4v) is 4.66. The minimum Gasteiger partial charge on any atom is -0.493 e. The molecule has 2 aliphatic rings. The van der Waals surface area contributed by atoms with E-state index in [2.05, 4.69) is 59.2 Å². The van der Waals surface area contributed by atoms with Crippen LogP contribution in [0.3, 0.4) is 0 Å². The predicted molar refractivity (Wildman–Crippen MR) is 127 cm³/mol. The zero-order valence-electron chi connectivity index (χ0n) is 18.8. The molecule has 0 radical (unpaired) electrons. The highest BCUT2D eigenvalue weighted by atomic mass is 16.5. The highest BCUT2D eigenvalue weighted by Crippen LogP contribution is 2.37. The lowest BCUT2D eigenvalue weighted by Crippen LogP contribution is -2.33. The van der Waals surface area contributed by atoms with E-state index >= 15 is 0 Å². The Morgan fingerprint density at radius 2 is 1.68 bits per heavy atom. The van der Waals surface area contributed by atoms with Crippen LogP contribution in [0.15, 0.2) is 54.1 Å². The van der Waals surface area contributed by atoms with Gasteiger partial charge in [-0.15, -0.1) is 0 Å². The van der Waals surface area contributed by atoms with Gasteiger partial charge in [-0.1, -0.05) is 54.7 Å². The number of likely N-dealkylation sites (tertiary alicyclic amines) is 1. The Morgan fingerprint density at radius 3 is 2.42 bits per heavy atom. The molecule has 162 valence electrons. The number of allylic oxidation sites excluding steroid dienone is 2. The van der Waals surface area contributed by atoms with Crippen molar-refractivity contribution in [2.75, 3.05) is 27.3 Å². The summed E-state index contributed by atoms with van der Waals surface area (Å²) in [5.41, 5.74) is 4.94. The molecule has 1 aliphatic carbocycles. The molecule has 3 heteroatoms. The van der Waals surface area contributed by atoms with Gasteiger partial charge in [0, 0.05) is 0 Å². The molecule has 1 aliphatic heterocycles. The fourth-order valence-electron chi connectivity index (χ4n) is 4.66. The molecular formula is C28H33NO2. The number of nitrogens with zero attached hydrogens (tertiary/aromatic N) is 1. The standard InChI is InChI=1S/C28H33NO2/c1-30-27-18-16-23(21-28(27)31-2)24-13-7-8-14-25(24)26(29-19-9-4-10-20-29)17-15-22-11-5-3-6-12-22/h7-8,11,13-14,16,18,21,26H,3-6,9-10,12,19-20H2,1-2H3. The molecule has 0 amide bonds. The third-order valence-electron chi connectivity index (χ3n) is 6.37. The number of methoxy groups -OCH3 is 2. The molecule has 31 heavy (non-hydrogen) atoms. The van der Waals surface area contributed by atoms with E-state index in [0.717, 1.165) is 36.6 Å². The van der Waals surface area contributed by atoms with Gasteiger partial charge in [0.05, 0.1) is 20.3 Å². The molecule has 0 saturated carbocycles. The Hall–Kier alpha value is -2.70. The summed E-state index contributed by atoms with van der Waals surface area (Å²) in [5.74, 6) is 8.75. The zero-order valence-corrected chi connectivity index (χ0v) is 18.8. The first-order chi connectivity index (χ1) is 15.3. The van der Waals surface area contributed by atoms with Crippen molar-refractivity contribution in [1.29, 1.82) is 0 Å². The molecule has 3 nitrogen and oxygen atoms in total. The summed E-state index contributed by atoms with van der Waals surface area (Å²) < 4.78 is 11.0. The van der Waals surface area contributed by atoms with E-state index in [1.54, 1.807) is 14.2 Å². The largest absolute Gasteiger partial charge is 0.493 e. The molecule has 0 bridgehead atoms. The molecule has 0 N–H and O–H groups in total. The Labute approximate surface area is 187 Å². The molecule has 4 rings (SSSR count). The molecule has 2 aromatic rings. The average molecular weight is 416 g/mol. The van der Waals surface area contributed by atoms with Gasteiger partial charge in [-0.05, 0) is 86.0 Å². The van der Waals surface area contributed by atoms with E-state index in [-0.39, 0.29) is 6.04 Å². The van der Waals surface area contributed by atoms with E-state index in [9.17, 15) is 0 Å². The first-order valence-electron chi connectivity index (χ1n) is 11.6. The van der Waals surface area contributed by atoms with Gasteiger partial charge in [0.15, 0.2) is 11.5 Å². The van der Waals surface area contributed by atoms with E-state index in [4.69, 9.17) is 9.47 Å². The van der Waals surface area contributed by atoms with Crippen LogP contribution < -0.4 is 9.47 Å². The topological polar surface area (TPSA) is 21.7 Å². The minimum absolute atomic E-state index is 0.104. The lowest BCUT2D eigenvalue weighted by molar-refractivity contribution is 0.197. The van der Waals surface area contributed by atoms with E-state index in [1.807, 2.05) is 6.07 Å². The third-order valence-corrected chi connectivity index (χ3v) is 6.37. The monoisotopic (exact) mass is 415 g/mol. The summed E-state index contributed by atoms with van der Waals surface area (Å²) in [4.78, 5) is 2.57. The van der Waals surface area contributed by atoms with Gasteiger partial charge in [-0.25, -0.2) is 0 Å². The molecular weight excluding hydrogens is 382 g/mol. The van der Waals surface area contributed by atoms with Gasteiger partial charge < -0.3 is 9.47 Å². The highest BCUT2D eigenvalue weighted by molar-refractivity contribution is 5.71. The fraction of sp³-hybridized carbons (Fsp3) is 0.429. The number of hydrogen-bond donors (Lipinski definition) is 0. The second-order valence-electron chi connectivity index (χ2n) is 8.40. The maximum atomic E-state index is 5.57. The Balaban J connectivity index is 1.75. The molecule has 2 aromatic carbocycles. The van der Waals surface area contributed by atoms with Crippen LogP contribution in [0.25, 0.3) is 11.1 Å². The van der Waals surface area contributed by atoms with E-state index in [1.165, 1.54) is 55.2 Å². The summed E-state index contributed by atoms with van der Waals surface area (Å²) >= 11 is 0. The average Bonchev–Trinajstić information content (AvgIpc) is 2.85. The summed E-state index contributed by atoms with van der Waals surface area (Å²) in [7, 11) is 3.36. The van der Waals surface area contributed by atoms with Crippen LogP contribution in [0.5, 0.6) is 11.5 Å². The molecule has 1 unspecified atom stereocenters. The van der Waals surface area contributed by atoms with Crippen LogP contribution >= 0.6 is 0 Å². The maximum Gasteiger partial charge on any atom is 0.161 e. The molecule has 1 fully saturated rings. The van der Waals surface area contributed by atoms with Crippen molar-refractivity contribution in [1.82, 2.24) is 4.90 Å². The van der Waals surface area contributed by atoms with Crippen LogP contribution in [-0.2, 0) is 0 Å². The van der Waals surface area contributed by atoms with Crippen LogP contribution in [-0.4, -0.2) is 32.2 Å². The number of benzene rings is 2. The van der Waals surface area contributed by atoms with Crippen LogP contribution in [0, 0.1) is 11.8 Å². The van der Waals surface area contributed by atoms with Crippen molar-refractivity contribution in [3.8, 4) is 34.5 Å². The van der Waals surface area contributed by atoms with E-state index in [0.29, 0.717) is 0 Å². The van der Waals surface area contributed by atoms with Gasteiger partial charge in [-0.3, -0.25) is 4.90 Å². The highest BCUT2D eigenvalue weighted by Gasteiger charge is 2.23. The molecule has 1 saturated heterocycles. The molecule has 1 atom stereocenters. The van der Waals surface area contributed by atoms with Crippen LogP contribution in [0.4, 0.5) is 0 Å². The van der Waals surface area contributed by atoms with Crippen molar-refractivity contribution in [2.24, 2.45) is 0 Å². The second-order valence-corrected chi connectivity index (χ2v) is 8.40. The third kappa shape index (κ3) is 5.14. The number of piperidine rings is 1. The number of rotatable bonds is 5. The quantitative estimate of drug-likeness (QED) is 0.527. The van der Waals surface area contributed by atoms with Gasteiger partial charge in [0.1, 0.15) is 0 Å². The summed E-state index contributed by atoms with van der Waals surface area (Å²) in [6.45, 7) is 2.22. The van der Waals surface area contributed by atoms with Crippen molar-refractivity contribution in [3.63, 3.8) is 0 Å². The Kier molecular flexibility index (Phi) is 7.33. The summed E-state index contributed by atoms with van der Waals surface area (Å²) in [6, 6.07) is 15.0. The second kappa shape index (κ2) is 10.6. The van der Waals surface area contributed by atoms with Crippen molar-refractivity contribution in [2.45, 2.75) is 51.0 Å². The van der Waals surface area contributed by atoms with Gasteiger partial charge >= 0.3 is 0 Å². The lowest BCUT2D eigenvalue weighted by atomic mass is 9.92. The molecule has 1 heterocycles. The molecule has 0 spiro atoms. The first kappa shape index (κ1) is 21.5. The Bertz CT molecular complexity index is 976. The molecule has 0 aromatic heterocycles.